The minimum absolute atomic E-state index is 0.0353. The van der Waals surface area contributed by atoms with Crippen molar-refractivity contribution in [3.63, 3.8) is 0 Å². The van der Waals surface area contributed by atoms with Crippen LogP contribution in [-0.2, 0) is 9.53 Å². The van der Waals surface area contributed by atoms with Crippen LogP contribution in [-0.4, -0.2) is 18.6 Å². The molecule has 2 rings (SSSR count). The summed E-state index contributed by atoms with van der Waals surface area (Å²) in [6, 6.07) is 4.19. The van der Waals surface area contributed by atoms with E-state index in [1.165, 1.54) is 12.1 Å². The van der Waals surface area contributed by atoms with Crippen LogP contribution in [0.3, 0.4) is 0 Å². The van der Waals surface area contributed by atoms with Gasteiger partial charge in [0.05, 0.1) is 18.2 Å². The zero-order valence-electron chi connectivity index (χ0n) is 9.41. The summed E-state index contributed by atoms with van der Waals surface area (Å²) in [4.78, 5) is 11.6. The van der Waals surface area contributed by atoms with Gasteiger partial charge in [0, 0.05) is 12.3 Å². The Balaban J connectivity index is 1.93. The van der Waals surface area contributed by atoms with E-state index in [-0.39, 0.29) is 24.1 Å². The van der Waals surface area contributed by atoms with Crippen LogP contribution >= 0.6 is 0 Å². The third kappa shape index (κ3) is 3.17. The molecule has 1 aromatic rings. The largest absolute Gasteiger partial charge is 0.399 e. The molecule has 0 aliphatic carbocycles. The SMILES string of the molecule is Nc1ccc(NC(=O)CC2CCCO2)c(F)c1. The van der Waals surface area contributed by atoms with Crippen molar-refractivity contribution in [1.82, 2.24) is 0 Å². The summed E-state index contributed by atoms with van der Waals surface area (Å²) in [6.45, 7) is 0.703. The summed E-state index contributed by atoms with van der Waals surface area (Å²) in [5, 5.41) is 2.51. The highest BCUT2D eigenvalue weighted by atomic mass is 19.1. The molecule has 1 heterocycles. The van der Waals surface area contributed by atoms with Crippen LogP contribution in [0.15, 0.2) is 18.2 Å². The van der Waals surface area contributed by atoms with Gasteiger partial charge in [0.15, 0.2) is 0 Å². The Labute approximate surface area is 98.9 Å². The van der Waals surface area contributed by atoms with Gasteiger partial charge >= 0.3 is 0 Å². The predicted molar refractivity (Wildman–Crippen MR) is 63.0 cm³/mol. The maximum atomic E-state index is 13.4. The number of amides is 1. The van der Waals surface area contributed by atoms with Gasteiger partial charge < -0.3 is 15.8 Å². The molecule has 1 fully saturated rings. The summed E-state index contributed by atoms with van der Waals surface area (Å²) in [5.74, 6) is -0.758. The number of rotatable bonds is 3. The van der Waals surface area contributed by atoms with Gasteiger partial charge in [0.2, 0.25) is 5.91 Å². The summed E-state index contributed by atoms with van der Waals surface area (Å²) >= 11 is 0. The molecule has 1 unspecified atom stereocenters. The molecule has 1 saturated heterocycles. The number of carbonyl (C=O) groups is 1. The second-order valence-electron chi connectivity index (χ2n) is 4.13. The van der Waals surface area contributed by atoms with E-state index in [4.69, 9.17) is 10.5 Å². The van der Waals surface area contributed by atoms with Crippen LogP contribution < -0.4 is 11.1 Å². The Bertz CT molecular complexity index is 417. The average molecular weight is 238 g/mol. The van der Waals surface area contributed by atoms with Crippen LogP contribution in [0, 0.1) is 5.82 Å². The Morgan fingerprint density at radius 3 is 3.06 bits per heavy atom. The third-order valence-electron chi connectivity index (χ3n) is 2.70. The fraction of sp³-hybridized carbons (Fsp3) is 0.417. The van der Waals surface area contributed by atoms with Crippen LogP contribution in [0.25, 0.3) is 0 Å². The number of benzene rings is 1. The maximum absolute atomic E-state index is 13.4. The van der Waals surface area contributed by atoms with E-state index < -0.39 is 5.82 Å². The third-order valence-corrected chi connectivity index (χ3v) is 2.70. The Kier molecular flexibility index (Phi) is 3.58. The van der Waals surface area contributed by atoms with Gasteiger partial charge in [-0.25, -0.2) is 4.39 Å². The molecule has 0 radical (unpaired) electrons. The van der Waals surface area contributed by atoms with E-state index >= 15 is 0 Å². The maximum Gasteiger partial charge on any atom is 0.227 e. The van der Waals surface area contributed by atoms with Crippen molar-refractivity contribution in [2.24, 2.45) is 0 Å². The molecule has 3 N–H and O–H groups in total. The van der Waals surface area contributed by atoms with Crippen molar-refractivity contribution in [3.05, 3.63) is 24.0 Å². The lowest BCUT2D eigenvalue weighted by Crippen LogP contribution is -2.19. The van der Waals surface area contributed by atoms with E-state index in [0.717, 1.165) is 12.8 Å². The monoisotopic (exact) mass is 238 g/mol. The Hall–Kier alpha value is -1.62. The number of halogens is 1. The molecule has 1 aliphatic rings. The molecule has 1 aliphatic heterocycles. The normalized spacial score (nSPS) is 19.2. The molecule has 0 bridgehead atoms. The lowest BCUT2D eigenvalue weighted by molar-refractivity contribution is -0.118. The van der Waals surface area contributed by atoms with Crippen molar-refractivity contribution >= 4 is 17.3 Å². The highest BCUT2D eigenvalue weighted by Gasteiger charge is 2.19. The second kappa shape index (κ2) is 5.14. The molecule has 17 heavy (non-hydrogen) atoms. The lowest BCUT2D eigenvalue weighted by Gasteiger charge is -2.10. The van der Waals surface area contributed by atoms with Gasteiger partial charge in [-0.2, -0.15) is 0 Å². The van der Waals surface area contributed by atoms with Gasteiger partial charge in [0.25, 0.3) is 0 Å². The number of hydrogen-bond acceptors (Lipinski definition) is 3. The minimum Gasteiger partial charge on any atom is -0.399 e. The molecular weight excluding hydrogens is 223 g/mol. The van der Waals surface area contributed by atoms with Crippen molar-refractivity contribution in [2.45, 2.75) is 25.4 Å². The quantitative estimate of drug-likeness (QED) is 0.791. The number of ether oxygens (including phenoxy) is 1. The van der Waals surface area contributed by atoms with Crippen LogP contribution in [0.5, 0.6) is 0 Å². The molecular formula is C12H15FN2O2. The van der Waals surface area contributed by atoms with Crippen LogP contribution in [0.2, 0.25) is 0 Å². The van der Waals surface area contributed by atoms with Crippen LogP contribution in [0.4, 0.5) is 15.8 Å². The summed E-state index contributed by atoms with van der Waals surface area (Å²) in [5.41, 5.74) is 5.91. The summed E-state index contributed by atoms with van der Waals surface area (Å²) < 4.78 is 18.7. The van der Waals surface area contributed by atoms with Gasteiger partial charge in [-0.05, 0) is 31.0 Å². The molecule has 5 heteroatoms. The van der Waals surface area contributed by atoms with Crippen molar-refractivity contribution in [1.29, 1.82) is 0 Å². The minimum atomic E-state index is -0.523. The smallest absolute Gasteiger partial charge is 0.227 e. The zero-order valence-corrected chi connectivity index (χ0v) is 9.41. The Morgan fingerprint density at radius 1 is 1.59 bits per heavy atom. The van der Waals surface area contributed by atoms with Gasteiger partial charge in [-0.3, -0.25) is 4.79 Å². The Morgan fingerprint density at radius 2 is 2.41 bits per heavy atom. The molecule has 4 nitrogen and oxygen atoms in total. The number of carbonyl (C=O) groups excluding carboxylic acids is 1. The number of anilines is 2. The number of hydrogen-bond donors (Lipinski definition) is 2. The van der Waals surface area contributed by atoms with Crippen molar-refractivity contribution < 1.29 is 13.9 Å². The highest BCUT2D eigenvalue weighted by molar-refractivity contribution is 5.91. The second-order valence-corrected chi connectivity index (χ2v) is 4.13. The first-order chi connectivity index (χ1) is 8.15. The first-order valence-corrected chi connectivity index (χ1v) is 5.61. The molecule has 0 spiro atoms. The molecule has 0 saturated carbocycles. The molecule has 92 valence electrons. The van der Waals surface area contributed by atoms with E-state index in [1.54, 1.807) is 6.07 Å². The van der Waals surface area contributed by atoms with Crippen molar-refractivity contribution in [2.75, 3.05) is 17.7 Å². The van der Waals surface area contributed by atoms with Gasteiger partial charge in [-0.1, -0.05) is 0 Å². The lowest BCUT2D eigenvalue weighted by atomic mass is 10.1. The van der Waals surface area contributed by atoms with E-state index in [1.807, 2.05) is 0 Å². The average Bonchev–Trinajstić information content (AvgIpc) is 2.75. The zero-order chi connectivity index (χ0) is 12.3. The molecule has 0 aromatic heterocycles. The fourth-order valence-electron chi connectivity index (χ4n) is 1.85. The number of nitrogens with two attached hydrogens (primary N) is 1. The first-order valence-electron chi connectivity index (χ1n) is 5.61. The standard InChI is InChI=1S/C12H15FN2O2/c13-10-6-8(14)3-4-11(10)15-12(16)7-9-2-1-5-17-9/h3-4,6,9H,1-2,5,7,14H2,(H,15,16). The molecule has 1 atom stereocenters. The van der Waals surface area contributed by atoms with Gasteiger partial charge in [0.1, 0.15) is 5.82 Å². The fourth-order valence-corrected chi connectivity index (χ4v) is 1.85. The van der Waals surface area contributed by atoms with Crippen LogP contribution in [0.1, 0.15) is 19.3 Å². The number of nitrogen functional groups attached to an aromatic ring is 1. The number of nitrogens with one attached hydrogen (secondary N) is 1. The predicted octanol–water partition coefficient (Wildman–Crippen LogP) is 1.92. The summed E-state index contributed by atoms with van der Waals surface area (Å²) in [7, 11) is 0. The van der Waals surface area contributed by atoms with E-state index in [0.29, 0.717) is 12.3 Å². The highest BCUT2D eigenvalue weighted by Crippen LogP contribution is 2.19. The molecule has 1 aromatic carbocycles. The topological polar surface area (TPSA) is 64.3 Å². The van der Waals surface area contributed by atoms with E-state index in [9.17, 15) is 9.18 Å². The van der Waals surface area contributed by atoms with E-state index in [2.05, 4.69) is 5.32 Å². The first kappa shape index (κ1) is 11.9. The van der Waals surface area contributed by atoms with Gasteiger partial charge in [-0.15, -0.1) is 0 Å². The summed E-state index contributed by atoms with van der Waals surface area (Å²) in [6.07, 6.45) is 2.10. The molecule has 1 amide bonds. The van der Waals surface area contributed by atoms with Crippen molar-refractivity contribution in [3.8, 4) is 0 Å².